The molecule has 2 aromatic heterocycles. The molecule has 1 saturated carbocycles. The molecule has 1 atom stereocenters. The van der Waals surface area contributed by atoms with Crippen LogP contribution in [0.1, 0.15) is 38.1 Å². The number of likely N-dealkylation sites (N-methyl/N-ethyl adjacent to an activating group) is 1. The lowest BCUT2D eigenvalue weighted by atomic mass is 10.1. The van der Waals surface area contributed by atoms with Gasteiger partial charge >= 0.3 is 0 Å². The van der Waals surface area contributed by atoms with E-state index in [0.29, 0.717) is 30.6 Å². The number of carbonyl (C=O) groups is 1. The summed E-state index contributed by atoms with van der Waals surface area (Å²) in [5.74, 6) is 1.94. The molecule has 9 nitrogen and oxygen atoms in total. The van der Waals surface area contributed by atoms with E-state index in [1.807, 2.05) is 70.3 Å². The summed E-state index contributed by atoms with van der Waals surface area (Å²) in [6.45, 7) is 2.05. The molecule has 2 N–H and O–H groups in total. The van der Waals surface area contributed by atoms with Crippen molar-refractivity contribution < 1.29 is 9.53 Å². The molecule has 3 heterocycles. The van der Waals surface area contributed by atoms with E-state index in [0.717, 1.165) is 41.1 Å². The second kappa shape index (κ2) is 11.5. The summed E-state index contributed by atoms with van der Waals surface area (Å²) in [7, 11) is 2.15. The number of aromatic nitrogens is 4. The van der Waals surface area contributed by atoms with Crippen molar-refractivity contribution in [3.63, 3.8) is 0 Å². The molecule has 206 valence electrons. The third-order valence-corrected chi connectivity index (χ3v) is 8.05. The van der Waals surface area contributed by atoms with Crippen LogP contribution in [0.15, 0.2) is 73.1 Å². The number of likely N-dealkylation sites (tertiary alicyclic amines) is 1. The van der Waals surface area contributed by atoms with Crippen LogP contribution in [-0.4, -0.2) is 68.2 Å². The van der Waals surface area contributed by atoms with Crippen molar-refractivity contribution in [1.82, 2.24) is 29.5 Å². The molecule has 6 rings (SSSR count). The lowest BCUT2D eigenvalue weighted by Crippen LogP contribution is -2.30. The summed E-state index contributed by atoms with van der Waals surface area (Å²) in [5.41, 5.74) is 8.63. The molecule has 9 heteroatoms. The molecule has 0 spiro atoms. The van der Waals surface area contributed by atoms with Gasteiger partial charge in [0, 0.05) is 37.3 Å². The number of hydrogen-bond donors (Lipinski definition) is 1. The Morgan fingerprint density at radius 3 is 2.58 bits per heavy atom. The second-order valence-corrected chi connectivity index (χ2v) is 10.7. The first-order chi connectivity index (χ1) is 19.6. The average Bonchev–Trinajstić information content (AvgIpc) is 3.75. The van der Waals surface area contributed by atoms with Gasteiger partial charge in [-0.3, -0.25) is 9.69 Å². The number of ether oxygens (including phenoxy) is 1. The molecule has 0 radical (unpaired) electrons. The number of nitrogens with two attached hydrogens (primary N) is 1. The highest BCUT2D eigenvalue weighted by Crippen LogP contribution is 2.35. The SMILES string of the molecule is CN(C/C=C/C(=O)N1CCC(n2nc(-c3ccc(Oc4ccccc4)cc3)c3c(N)ncnc32)C1)C1CCCC1. The number of rotatable bonds is 8. The maximum Gasteiger partial charge on any atom is 0.246 e. The Morgan fingerprint density at radius 1 is 1.05 bits per heavy atom. The van der Waals surface area contributed by atoms with Crippen LogP contribution in [0, 0.1) is 0 Å². The van der Waals surface area contributed by atoms with Crippen LogP contribution in [-0.2, 0) is 4.79 Å². The molecule has 1 unspecified atom stereocenters. The average molecular weight is 538 g/mol. The fourth-order valence-electron chi connectivity index (χ4n) is 5.82. The van der Waals surface area contributed by atoms with E-state index >= 15 is 0 Å². The van der Waals surface area contributed by atoms with E-state index in [4.69, 9.17) is 15.6 Å². The first kappa shape index (κ1) is 26.0. The Hall–Kier alpha value is -4.24. The maximum atomic E-state index is 13.0. The molecule has 0 bridgehead atoms. The van der Waals surface area contributed by atoms with Gasteiger partial charge < -0.3 is 15.4 Å². The van der Waals surface area contributed by atoms with Crippen LogP contribution < -0.4 is 10.5 Å². The zero-order chi connectivity index (χ0) is 27.5. The van der Waals surface area contributed by atoms with Crippen LogP contribution in [0.5, 0.6) is 11.5 Å². The number of anilines is 1. The van der Waals surface area contributed by atoms with Gasteiger partial charge in [0.1, 0.15) is 29.3 Å². The van der Waals surface area contributed by atoms with Gasteiger partial charge in [-0.15, -0.1) is 0 Å². The quantitative estimate of drug-likeness (QED) is 0.313. The number of para-hydroxylation sites is 1. The molecule has 1 amide bonds. The van der Waals surface area contributed by atoms with Gasteiger partial charge in [-0.05, 0) is 62.7 Å². The van der Waals surface area contributed by atoms with Crippen LogP contribution >= 0.6 is 0 Å². The van der Waals surface area contributed by atoms with Crippen molar-refractivity contribution in [2.45, 2.75) is 44.2 Å². The standard InChI is InChI=1S/C31H35N7O2/c1-36(23-8-5-6-9-23)18-7-12-27(39)37-19-17-24(20-37)38-31-28(30(32)33-21-34-31)29(35-38)22-13-15-26(16-14-22)40-25-10-3-2-4-11-25/h2-4,7,10-16,21,23-24H,5-6,8-9,17-20H2,1H3,(H2,32,33,34)/b12-7+. The first-order valence-electron chi connectivity index (χ1n) is 14.0. The minimum atomic E-state index is 0.00440. The highest BCUT2D eigenvalue weighted by Gasteiger charge is 2.30. The fraction of sp³-hybridized carbons (Fsp3) is 0.355. The van der Waals surface area contributed by atoms with Crippen LogP contribution in [0.2, 0.25) is 0 Å². The van der Waals surface area contributed by atoms with Gasteiger partial charge in [-0.25, -0.2) is 14.6 Å². The minimum absolute atomic E-state index is 0.00440. The van der Waals surface area contributed by atoms with Crippen molar-refractivity contribution in [2.24, 2.45) is 0 Å². The van der Waals surface area contributed by atoms with E-state index < -0.39 is 0 Å². The zero-order valence-electron chi connectivity index (χ0n) is 22.8. The summed E-state index contributed by atoms with van der Waals surface area (Å²) in [4.78, 5) is 26.0. The number of carbonyl (C=O) groups excluding carboxylic acids is 1. The summed E-state index contributed by atoms with van der Waals surface area (Å²) in [6.07, 6.45) is 11.1. The number of fused-ring (bicyclic) bond motifs is 1. The minimum Gasteiger partial charge on any atom is -0.457 e. The number of benzene rings is 2. The number of nitrogen functional groups attached to an aromatic ring is 1. The molecule has 1 aliphatic carbocycles. The lowest BCUT2D eigenvalue weighted by molar-refractivity contribution is -0.125. The molecule has 1 aliphatic heterocycles. The van der Waals surface area contributed by atoms with Gasteiger partial charge in [0.05, 0.1) is 11.4 Å². The fourth-order valence-corrected chi connectivity index (χ4v) is 5.82. The smallest absolute Gasteiger partial charge is 0.246 e. The van der Waals surface area contributed by atoms with E-state index in [9.17, 15) is 4.79 Å². The molecule has 40 heavy (non-hydrogen) atoms. The first-order valence-corrected chi connectivity index (χ1v) is 14.0. The molecule has 4 aromatic rings. The number of hydrogen-bond acceptors (Lipinski definition) is 7. The zero-order valence-corrected chi connectivity index (χ0v) is 22.8. The predicted octanol–water partition coefficient (Wildman–Crippen LogP) is 5.07. The molecular formula is C31H35N7O2. The second-order valence-electron chi connectivity index (χ2n) is 10.7. The lowest BCUT2D eigenvalue weighted by Gasteiger charge is -2.22. The Kier molecular flexibility index (Phi) is 7.46. The Balaban J connectivity index is 1.18. The van der Waals surface area contributed by atoms with Crippen molar-refractivity contribution in [3.05, 3.63) is 73.1 Å². The van der Waals surface area contributed by atoms with Gasteiger partial charge in [0.25, 0.3) is 0 Å². The van der Waals surface area contributed by atoms with Crippen LogP contribution in [0.25, 0.3) is 22.3 Å². The molecule has 1 saturated heterocycles. The highest BCUT2D eigenvalue weighted by molar-refractivity contribution is 5.98. The van der Waals surface area contributed by atoms with E-state index in [-0.39, 0.29) is 11.9 Å². The third kappa shape index (κ3) is 5.42. The van der Waals surface area contributed by atoms with Crippen molar-refractivity contribution in [1.29, 1.82) is 0 Å². The van der Waals surface area contributed by atoms with Crippen molar-refractivity contribution >= 4 is 22.8 Å². The molecule has 2 aliphatic rings. The molecular weight excluding hydrogens is 502 g/mol. The highest BCUT2D eigenvalue weighted by atomic mass is 16.5. The van der Waals surface area contributed by atoms with Crippen molar-refractivity contribution in [3.8, 4) is 22.8 Å². The summed E-state index contributed by atoms with van der Waals surface area (Å²) >= 11 is 0. The number of nitrogens with zero attached hydrogens (tertiary/aromatic N) is 6. The van der Waals surface area contributed by atoms with E-state index in [1.165, 1.54) is 32.0 Å². The Labute approximate surface area is 234 Å². The number of amides is 1. The Morgan fingerprint density at radius 2 is 1.80 bits per heavy atom. The monoisotopic (exact) mass is 537 g/mol. The van der Waals surface area contributed by atoms with Crippen molar-refractivity contribution in [2.75, 3.05) is 32.4 Å². The third-order valence-electron chi connectivity index (χ3n) is 8.05. The van der Waals surface area contributed by atoms with Crippen LogP contribution in [0.3, 0.4) is 0 Å². The van der Waals surface area contributed by atoms with Gasteiger partial charge in [0.2, 0.25) is 5.91 Å². The van der Waals surface area contributed by atoms with E-state index in [2.05, 4.69) is 21.9 Å². The maximum absolute atomic E-state index is 13.0. The molecule has 2 fully saturated rings. The normalized spacial score (nSPS) is 17.9. The summed E-state index contributed by atoms with van der Waals surface area (Å²) in [6, 6.07) is 18.1. The largest absolute Gasteiger partial charge is 0.457 e. The Bertz CT molecular complexity index is 1490. The van der Waals surface area contributed by atoms with E-state index in [1.54, 1.807) is 6.08 Å². The summed E-state index contributed by atoms with van der Waals surface area (Å²) in [5, 5.41) is 5.69. The summed E-state index contributed by atoms with van der Waals surface area (Å²) < 4.78 is 7.87. The van der Waals surface area contributed by atoms with Gasteiger partial charge in [0.15, 0.2) is 5.65 Å². The van der Waals surface area contributed by atoms with Gasteiger partial charge in [-0.1, -0.05) is 37.1 Å². The van der Waals surface area contributed by atoms with Crippen LogP contribution in [0.4, 0.5) is 5.82 Å². The van der Waals surface area contributed by atoms with Gasteiger partial charge in [-0.2, -0.15) is 5.10 Å². The predicted molar refractivity (Wildman–Crippen MR) is 156 cm³/mol. The molecule has 2 aromatic carbocycles. The topological polar surface area (TPSA) is 102 Å².